The van der Waals surface area contributed by atoms with Crippen molar-refractivity contribution in [2.75, 3.05) is 19.6 Å². The molecule has 1 aliphatic rings. The summed E-state index contributed by atoms with van der Waals surface area (Å²) in [7, 11) is 0. The van der Waals surface area contributed by atoms with Gasteiger partial charge in [-0.2, -0.15) is 0 Å². The maximum Gasteiger partial charge on any atom is 0.239 e. The maximum atomic E-state index is 12.6. The minimum atomic E-state index is 0.0382. The Hall–Kier alpha value is -0.570. The Labute approximate surface area is 112 Å². The van der Waals surface area contributed by atoms with Gasteiger partial charge < -0.3 is 10.2 Å². The topological polar surface area (TPSA) is 32.3 Å². The fourth-order valence-electron chi connectivity index (χ4n) is 2.71. The summed E-state index contributed by atoms with van der Waals surface area (Å²) >= 11 is 0. The fourth-order valence-corrected chi connectivity index (χ4v) is 2.71. The summed E-state index contributed by atoms with van der Waals surface area (Å²) in [5, 5.41) is 3.40. The third-order valence-electron chi connectivity index (χ3n) is 3.52. The number of rotatable bonds is 5. The van der Waals surface area contributed by atoms with Crippen molar-refractivity contribution in [1.82, 2.24) is 10.2 Å². The van der Waals surface area contributed by atoms with Gasteiger partial charge in [0.05, 0.1) is 6.04 Å². The van der Waals surface area contributed by atoms with E-state index >= 15 is 0 Å². The second kappa shape index (κ2) is 7.13. The first-order valence-electron chi connectivity index (χ1n) is 7.44. The zero-order valence-electron chi connectivity index (χ0n) is 12.7. The normalized spacial score (nSPS) is 24.6. The molecule has 1 aliphatic heterocycles. The molecule has 1 rings (SSSR count). The first-order valence-corrected chi connectivity index (χ1v) is 7.44. The van der Waals surface area contributed by atoms with E-state index in [4.69, 9.17) is 0 Å². The fraction of sp³-hybridized carbons (Fsp3) is 0.933. The van der Waals surface area contributed by atoms with Crippen LogP contribution in [0, 0.1) is 17.8 Å². The summed E-state index contributed by atoms with van der Waals surface area (Å²) in [6.45, 7) is 13.6. The van der Waals surface area contributed by atoms with E-state index in [1.807, 2.05) is 0 Å². The van der Waals surface area contributed by atoms with Gasteiger partial charge in [-0.15, -0.1) is 0 Å². The van der Waals surface area contributed by atoms with Crippen molar-refractivity contribution >= 4 is 5.91 Å². The summed E-state index contributed by atoms with van der Waals surface area (Å²) in [5.74, 6) is 1.84. The smallest absolute Gasteiger partial charge is 0.239 e. The quantitative estimate of drug-likeness (QED) is 0.817. The number of amides is 1. The summed E-state index contributed by atoms with van der Waals surface area (Å²) in [5.41, 5.74) is 0. The van der Waals surface area contributed by atoms with Crippen LogP contribution in [0.5, 0.6) is 0 Å². The summed E-state index contributed by atoms with van der Waals surface area (Å²) in [4.78, 5) is 14.7. The Morgan fingerprint density at radius 3 is 2.22 bits per heavy atom. The van der Waals surface area contributed by atoms with Gasteiger partial charge in [0, 0.05) is 13.1 Å². The van der Waals surface area contributed by atoms with E-state index < -0.39 is 0 Å². The summed E-state index contributed by atoms with van der Waals surface area (Å²) in [6.07, 6.45) is 2.36. The van der Waals surface area contributed by atoms with Gasteiger partial charge in [-0.25, -0.2) is 0 Å². The molecule has 18 heavy (non-hydrogen) atoms. The molecule has 2 unspecified atom stereocenters. The predicted octanol–water partition coefficient (Wildman–Crippen LogP) is 2.52. The van der Waals surface area contributed by atoms with E-state index in [0.29, 0.717) is 23.7 Å². The highest BCUT2D eigenvalue weighted by atomic mass is 16.2. The molecule has 0 aliphatic carbocycles. The standard InChI is InChI=1S/C15H30N2O/c1-11(2)9-17(10-12(3)4)15(18)14-13(5)7-6-8-16-14/h11-14,16H,6-10H2,1-5H3. The third-order valence-corrected chi connectivity index (χ3v) is 3.52. The molecule has 1 amide bonds. The van der Waals surface area contributed by atoms with Gasteiger partial charge in [-0.3, -0.25) is 4.79 Å². The molecule has 0 aromatic heterocycles. The van der Waals surface area contributed by atoms with Crippen LogP contribution in [0.3, 0.4) is 0 Å². The molecule has 3 heteroatoms. The van der Waals surface area contributed by atoms with Crippen LogP contribution in [0.15, 0.2) is 0 Å². The minimum Gasteiger partial charge on any atom is -0.341 e. The van der Waals surface area contributed by atoms with Gasteiger partial charge >= 0.3 is 0 Å². The lowest BCUT2D eigenvalue weighted by atomic mass is 9.91. The van der Waals surface area contributed by atoms with Crippen molar-refractivity contribution in [1.29, 1.82) is 0 Å². The predicted molar refractivity (Wildman–Crippen MR) is 76.4 cm³/mol. The number of hydrogen-bond acceptors (Lipinski definition) is 2. The SMILES string of the molecule is CC(C)CN(CC(C)C)C(=O)C1NCCCC1C. The Kier molecular flexibility index (Phi) is 6.13. The Bertz CT molecular complexity index is 253. The van der Waals surface area contributed by atoms with Gasteiger partial charge in [-0.1, -0.05) is 34.6 Å². The van der Waals surface area contributed by atoms with Gasteiger partial charge in [0.1, 0.15) is 0 Å². The van der Waals surface area contributed by atoms with Gasteiger partial charge in [0.25, 0.3) is 0 Å². The monoisotopic (exact) mass is 254 g/mol. The number of piperidine rings is 1. The van der Waals surface area contributed by atoms with Crippen molar-refractivity contribution < 1.29 is 4.79 Å². The Morgan fingerprint density at radius 2 is 1.78 bits per heavy atom. The van der Waals surface area contributed by atoms with E-state index in [1.165, 1.54) is 12.8 Å². The Morgan fingerprint density at radius 1 is 1.22 bits per heavy atom. The number of carbonyl (C=O) groups excluding carboxylic acids is 1. The molecule has 1 fully saturated rings. The first-order chi connectivity index (χ1) is 8.41. The second-order valence-corrected chi connectivity index (χ2v) is 6.58. The molecule has 1 N–H and O–H groups in total. The van der Waals surface area contributed by atoms with Crippen LogP contribution in [0.25, 0.3) is 0 Å². The number of nitrogens with zero attached hydrogens (tertiary/aromatic N) is 1. The molecular formula is C15H30N2O. The number of hydrogen-bond donors (Lipinski definition) is 1. The molecule has 0 saturated carbocycles. The van der Waals surface area contributed by atoms with Crippen molar-refractivity contribution in [3.05, 3.63) is 0 Å². The van der Waals surface area contributed by atoms with Crippen LogP contribution in [-0.2, 0) is 4.79 Å². The number of nitrogens with one attached hydrogen (secondary N) is 1. The molecule has 0 aromatic carbocycles. The average molecular weight is 254 g/mol. The van der Waals surface area contributed by atoms with E-state index in [9.17, 15) is 4.79 Å². The van der Waals surface area contributed by atoms with E-state index in [1.54, 1.807) is 0 Å². The molecule has 1 saturated heterocycles. The van der Waals surface area contributed by atoms with Crippen molar-refractivity contribution in [2.24, 2.45) is 17.8 Å². The van der Waals surface area contributed by atoms with E-state index in [2.05, 4.69) is 44.8 Å². The van der Waals surface area contributed by atoms with Crippen LogP contribution < -0.4 is 5.32 Å². The van der Waals surface area contributed by atoms with Crippen LogP contribution >= 0.6 is 0 Å². The molecule has 1 heterocycles. The lowest BCUT2D eigenvalue weighted by Crippen LogP contribution is -2.53. The lowest BCUT2D eigenvalue weighted by Gasteiger charge is -2.35. The van der Waals surface area contributed by atoms with Gasteiger partial charge in [-0.05, 0) is 37.1 Å². The largest absolute Gasteiger partial charge is 0.341 e. The second-order valence-electron chi connectivity index (χ2n) is 6.58. The van der Waals surface area contributed by atoms with Crippen molar-refractivity contribution in [3.8, 4) is 0 Å². The Balaban J connectivity index is 2.67. The van der Waals surface area contributed by atoms with Crippen molar-refractivity contribution in [2.45, 2.75) is 53.5 Å². The average Bonchev–Trinajstić information content (AvgIpc) is 2.26. The highest BCUT2D eigenvalue weighted by Gasteiger charge is 2.31. The van der Waals surface area contributed by atoms with Crippen LogP contribution in [0.1, 0.15) is 47.5 Å². The molecule has 0 bridgehead atoms. The zero-order valence-corrected chi connectivity index (χ0v) is 12.7. The first kappa shape index (κ1) is 15.5. The molecule has 2 atom stereocenters. The molecule has 0 spiro atoms. The van der Waals surface area contributed by atoms with Gasteiger partial charge in [0.15, 0.2) is 0 Å². The molecular weight excluding hydrogens is 224 g/mol. The van der Waals surface area contributed by atoms with Crippen LogP contribution in [0.4, 0.5) is 0 Å². The molecule has 0 radical (unpaired) electrons. The van der Waals surface area contributed by atoms with E-state index in [-0.39, 0.29) is 6.04 Å². The lowest BCUT2D eigenvalue weighted by molar-refractivity contribution is -0.136. The van der Waals surface area contributed by atoms with Crippen LogP contribution in [0.2, 0.25) is 0 Å². The minimum absolute atomic E-state index is 0.0382. The third kappa shape index (κ3) is 4.60. The maximum absolute atomic E-state index is 12.6. The molecule has 0 aromatic rings. The van der Waals surface area contributed by atoms with Crippen molar-refractivity contribution in [3.63, 3.8) is 0 Å². The highest BCUT2D eigenvalue weighted by Crippen LogP contribution is 2.18. The molecule has 106 valence electrons. The van der Waals surface area contributed by atoms with E-state index in [0.717, 1.165) is 19.6 Å². The van der Waals surface area contributed by atoms with Gasteiger partial charge in [0.2, 0.25) is 5.91 Å². The zero-order chi connectivity index (χ0) is 13.7. The summed E-state index contributed by atoms with van der Waals surface area (Å²) < 4.78 is 0. The highest BCUT2D eigenvalue weighted by molar-refractivity contribution is 5.82. The molecule has 3 nitrogen and oxygen atoms in total. The summed E-state index contributed by atoms with van der Waals surface area (Å²) in [6, 6.07) is 0.0382. The van der Waals surface area contributed by atoms with Crippen LogP contribution in [-0.4, -0.2) is 36.5 Å². The number of carbonyl (C=O) groups is 1.